The van der Waals surface area contributed by atoms with Crippen LogP contribution in [0.15, 0.2) is 54.1 Å². The van der Waals surface area contributed by atoms with Crippen molar-refractivity contribution in [3.05, 3.63) is 65.5 Å². The normalized spacial score (nSPS) is 17.3. The van der Waals surface area contributed by atoms with Crippen LogP contribution in [0.1, 0.15) is 26.1 Å². The molecule has 0 bridgehead atoms. The van der Waals surface area contributed by atoms with Crippen LogP contribution < -0.4 is 15.8 Å². The van der Waals surface area contributed by atoms with Gasteiger partial charge in [0.2, 0.25) is 5.95 Å². The number of nitrogens with one attached hydrogen (secondary N) is 1. The van der Waals surface area contributed by atoms with Gasteiger partial charge in [-0.1, -0.05) is 19.9 Å². The Morgan fingerprint density at radius 2 is 1.84 bits per heavy atom. The minimum Gasteiger partial charge on any atom is -0.369 e. The van der Waals surface area contributed by atoms with Gasteiger partial charge in [-0.25, -0.2) is 19.3 Å². The molecule has 0 saturated carbocycles. The zero-order valence-corrected chi connectivity index (χ0v) is 21.7. The Morgan fingerprint density at radius 1 is 1.08 bits per heavy atom. The quantitative estimate of drug-likeness (QED) is 0.408. The molecule has 0 amide bonds. The summed E-state index contributed by atoms with van der Waals surface area (Å²) in [7, 11) is 2.16. The van der Waals surface area contributed by atoms with Crippen LogP contribution in [0.25, 0.3) is 16.9 Å². The summed E-state index contributed by atoms with van der Waals surface area (Å²) in [4.78, 5) is 32.1. The number of aromatic nitrogens is 6. The van der Waals surface area contributed by atoms with Gasteiger partial charge in [0.25, 0.3) is 5.56 Å². The van der Waals surface area contributed by atoms with Crippen molar-refractivity contribution >= 4 is 28.4 Å². The number of rotatable bonds is 6. The molecule has 0 unspecified atom stereocenters. The third-order valence-corrected chi connectivity index (χ3v) is 7.53. The SMILES string of the molecule is C=CCn1c(=O)c2cnc(Nc3ccc(N4CCN(C)CC4)cc3)nc2n1-c1cn2c(n1)C(C)(C)CC2. The molecule has 10 heteroatoms. The lowest BCUT2D eigenvalue weighted by molar-refractivity contribution is 0.313. The van der Waals surface area contributed by atoms with Gasteiger partial charge in [-0.3, -0.25) is 4.79 Å². The van der Waals surface area contributed by atoms with Crippen LogP contribution in [0.4, 0.5) is 17.3 Å². The monoisotopic (exact) mass is 499 g/mol. The highest BCUT2D eigenvalue weighted by molar-refractivity contribution is 5.77. The molecule has 37 heavy (non-hydrogen) atoms. The predicted octanol–water partition coefficient (Wildman–Crippen LogP) is 3.14. The van der Waals surface area contributed by atoms with Crippen LogP contribution in [0, 0.1) is 0 Å². The van der Waals surface area contributed by atoms with E-state index in [4.69, 9.17) is 9.97 Å². The van der Waals surface area contributed by atoms with Crippen molar-refractivity contribution in [1.29, 1.82) is 0 Å². The van der Waals surface area contributed by atoms with Crippen molar-refractivity contribution in [2.24, 2.45) is 0 Å². The molecular weight excluding hydrogens is 466 g/mol. The minimum atomic E-state index is -0.162. The third kappa shape index (κ3) is 4.11. The van der Waals surface area contributed by atoms with Gasteiger partial charge in [0.1, 0.15) is 11.2 Å². The van der Waals surface area contributed by atoms with E-state index in [-0.39, 0.29) is 11.0 Å². The van der Waals surface area contributed by atoms with Crippen LogP contribution in [0.3, 0.4) is 0 Å². The Balaban J connectivity index is 1.34. The lowest BCUT2D eigenvalue weighted by atomic mass is 9.91. The van der Waals surface area contributed by atoms with Crippen LogP contribution in [0.2, 0.25) is 0 Å². The van der Waals surface area contributed by atoms with Gasteiger partial charge in [-0.15, -0.1) is 6.58 Å². The molecule has 192 valence electrons. The summed E-state index contributed by atoms with van der Waals surface area (Å²) in [6.07, 6.45) is 6.36. The van der Waals surface area contributed by atoms with E-state index >= 15 is 0 Å². The lowest BCUT2D eigenvalue weighted by Gasteiger charge is -2.34. The number of aryl methyl sites for hydroxylation is 1. The van der Waals surface area contributed by atoms with E-state index < -0.39 is 0 Å². The highest BCUT2D eigenvalue weighted by Crippen LogP contribution is 2.34. The van der Waals surface area contributed by atoms with Gasteiger partial charge in [0, 0.05) is 55.7 Å². The van der Waals surface area contributed by atoms with E-state index in [0.29, 0.717) is 29.3 Å². The van der Waals surface area contributed by atoms with E-state index in [2.05, 4.69) is 64.3 Å². The van der Waals surface area contributed by atoms with Gasteiger partial charge < -0.3 is 19.7 Å². The molecule has 0 atom stereocenters. The fraction of sp³-hybridized carbons (Fsp3) is 0.407. The zero-order valence-electron chi connectivity index (χ0n) is 21.7. The van der Waals surface area contributed by atoms with Crippen LogP contribution >= 0.6 is 0 Å². The second-order valence-corrected chi connectivity index (χ2v) is 10.6. The van der Waals surface area contributed by atoms with Crippen molar-refractivity contribution in [2.45, 2.75) is 38.8 Å². The topological polar surface area (TPSA) is 89.0 Å². The molecule has 5 heterocycles. The molecule has 0 spiro atoms. The summed E-state index contributed by atoms with van der Waals surface area (Å²) in [5.41, 5.74) is 2.45. The van der Waals surface area contributed by atoms with Gasteiger partial charge in [-0.05, 0) is 37.7 Å². The fourth-order valence-corrected chi connectivity index (χ4v) is 5.28. The molecule has 0 aliphatic carbocycles. The van der Waals surface area contributed by atoms with Crippen LogP contribution in [0.5, 0.6) is 0 Å². The van der Waals surface area contributed by atoms with Crippen molar-refractivity contribution in [3.8, 4) is 5.82 Å². The number of likely N-dealkylation sites (N-methyl/N-ethyl adjacent to an activating group) is 1. The molecule has 1 aromatic carbocycles. The summed E-state index contributed by atoms with van der Waals surface area (Å²) in [5, 5.41) is 3.75. The summed E-state index contributed by atoms with van der Waals surface area (Å²) < 4.78 is 5.59. The van der Waals surface area contributed by atoms with E-state index in [0.717, 1.165) is 50.7 Å². The standard InChI is InChI=1S/C27H33N9O/c1-5-11-35-24(37)21-17-28-26(29-19-6-8-20(9-7-19)33-15-13-32(4)14-16-33)31-23(21)36(35)22-18-34-12-10-27(2,3)25(34)30-22/h5-9,17-18H,1,10-16H2,2-4H3,(H,28,29,31). The van der Waals surface area contributed by atoms with Crippen molar-refractivity contribution in [2.75, 3.05) is 43.4 Å². The summed E-state index contributed by atoms with van der Waals surface area (Å²) in [6, 6.07) is 8.33. The molecule has 1 fully saturated rings. The molecule has 2 aliphatic rings. The Kier molecular flexibility index (Phi) is 5.63. The van der Waals surface area contributed by atoms with Crippen LogP contribution in [-0.2, 0) is 18.5 Å². The summed E-state index contributed by atoms with van der Waals surface area (Å²) in [5.74, 6) is 2.13. The Bertz CT molecular complexity index is 1520. The zero-order chi connectivity index (χ0) is 25.7. The molecule has 1 N–H and O–H groups in total. The van der Waals surface area contributed by atoms with Gasteiger partial charge in [0.05, 0.1) is 12.7 Å². The van der Waals surface area contributed by atoms with E-state index in [9.17, 15) is 4.79 Å². The second kappa shape index (κ2) is 8.88. The average Bonchev–Trinajstić information content (AvgIpc) is 3.52. The first-order valence-corrected chi connectivity index (χ1v) is 12.8. The first-order valence-electron chi connectivity index (χ1n) is 12.8. The number of imidazole rings is 1. The molecular formula is C27H33N9O. The van der Waals surface area contributed by atoms with Crippen molar-refractivity contribution in [3.63, 3.8) is 0 Å². The second-order valence-electron chi connectivity index (χ2n) is 10.6. The largest absolute Gasteiger partial charge is 0.369 e. The Labute approximate surface area is 215 Å². The number of anilines is 3. The maximum Gasteiger partial charge on any atom is 0.278 e. The molecule has 4 aromatic rings. The number of benzene rings is 1. The maximum atomic E-state index is 13.2. The first-order chi connectivity index (χ1) is 17.8. The molecule has 2 aliphatic heterocycles. The number of allylic oxidation sites excluding steroid dienone is 1. The summed E-state index contributed by atoms with van der Waals surface area (Å²) >= 11 is 0. The minimum absolute atomic E-state index is 0.0112. The van der Waals surface area contributed by atoms with Gasteiger partial charge >= 0.3 is 0 Å². The molecule has 0 radical (unpaired) electrons. The maximum absolute atomic E-state index is 13.2. The van der Waals surface area contributed by atoms with Gasteiger partial charge in [0.15, 0.2) is 11.5 Å². The van der Waals surface area contributed by atoms with E-state index in [1.54, 1.807) is 21.6 Å². The Morgan fingerprint density at radius 3 is 2.54 bits per heavy atom. The molecule has 1 saturated heterocycles. The number of hydrogen-bond donors (Lipinski definition) is 1. The lowest BCUT2D eigenvalue weighted by Crippen LogP contribution is -2.44. The summed E-state index contributed by atoms with van der Waals surface area (Å²) in [6.45, 7) is 13.7. The van der Waals surface area contributed by atoms with Crippen LogP contribution in [-0.4, -0.2) is 67.0 Å². The van der Waals surface area contributed by atoms with Gasteiger partial charge in [-0.2, -0.15) is 4.98 Å². The number of piperazine rings is 1. The average molecular weight is 500 g/mol. The Hall–Kier alpha value is -3.92. The van der Waals surface area contributed by atoms with Crippen molar-refractivity contribution < 1.29 is 0 Å². The molecule has 10 nitrogen and oxygen atoms in total. The first kappa shape index (κ1) is 23.5. The smallest absolute Gasteiger partial charge is 0.278 e. The number of fused-ring (bicyclic) bond motifs is 2. The van der Waals surface area contributed by atoms with Crippen molar-refractivity contribution in [1.82, 2.24) is 33.8 Å². The van der Waals surface area contributed by atoms with E-state index in [1.165, 1.54) is 5.69 Å². The highest BCUT2D eigenvalue weighted by Gasteiger charge is 2.33. The molecule has 3 aromatic heterocycles. The molecule has 6 rings (SSSR count). The predicted molar refractivity (Wildman–Crippen MR) is 146 cm³/mol. The third-order valence-electron chi connectivity index (χ3n) is 7.53. The highest BCUT2D eigenvalue weighted by atomic mass is 16.1. The number of nitrogens with zero attached hydrogens (tertiary/aromatic N) is 8. The fourth-order valence-electron chi connectivity index (χ4n) is 5.28. The number of hydrogen-bond acceptors (Lipinski definition) is 7. The van der Waals surface area contributed by atoms with E-state index in [1.807, 2.05) is 18.3 Å².